The molecular formula is C17H22ClN3O4. The molecule has 1 saturated heterocycles. The number of nitrogens with zero attached hydrogens (tertiary/aromatic N) is 1. The zero-order chi connectivity index (χ0) is 18.6. The maximum Gasteiger partial charge on any atom is 0.321 e. The van der Waals surface area contributed by atoms with E-state index >= 15 is 0 Å². The fraction of sp³-hybridized carbons (Fsp3) is 0.471. The SMILES string of the molecule is CCC(CC)(CNC(=O)c1cc(N2CCNC2=O)ccc1Cl)C(=O)O. The highest BCUT2D eigenvalue weighted by atomic mass is 35.5. The number of nitrogens with one attached hydrogen (secondary N) is 2. The highest BCUT2D eigenvalue weighted by Gasteiger charge is 2.35. The molecular weight excluding hydrogens is 346 g/mol. The Morgan fingerprint density at radius 1 is 1.36 bits per heavy atom. The lowest BCUT2D eigenvalue weighted by molar-refractivity contribution is -0.149. The maximum atomic E-state index is 12.5. The van der Waals surface area contributed by atoms with Gasteiger partial charge in [0.05, 0.1) is 16.0 Å². The van der Waals surface area contributed by atoms with E-state index in [1.807, 2.05) is 0 Å². The average molecular weight is 368 g/mol. The van der Waals surface area contributed by atoms with Crippen LogP contribution in [0.3, 0.4) is 0 Å². The number of hydrogen-bond acceptors (Lipinski definition) is 3. The van der Waals surface area contributed by atoms with Gasteiger partial charge in [-0.15, -0.1) is 0 Å². The van der Waals surface area contributed by atoms with Gasteiger partial charge in [0.15, 0.2) is 0 Å². The molecule has 0 spiro atoms. The molecule has 0 bridgehead atoms. The molecule has 0 aliphatic carbocycles. The van der Waals surface area contributed by atoms with E-state index in [1.54, 1.807) is 32.0 Å². The van der Waals surface area contributed by atoms with Gasteiger partial charge in [-0.3, -0.25) is 14.5 Å². The summed E-state index contributed by atoms with van der Waals surface area (Å²) in [4.78, 5) is 37.3. The number of anilines is 1. The summed E-state index contributed by atoms with van der Waals surface area (Å²) in [6, 6.07) is 4.55. The molecule has 3 N–H and O–H groups in total. The van der Waals surface area contributed by atoms with E-state index in [0.29, 0.717) is 31.6 Å². The Labute approximate surface area is 151 Å². The van der Waals surface area contributed by atoms with Crippen molar-refractivity contribution < 1.29 is 19.5 Å². The first-order chi connectivity index (χ1) is 11.8. The topological polar surface area (TPSA) is 98.7 Å². The van der Waals surface area contributed by atoms with E-state index in [1.165, 1.54) is 4.90 Å². The van der Waals surface area contributed by atoms with Crippen molar-refractivity contribution in [2.45, 2.75) is 26.7 Å². The van der Waals surface area contributed by atoms with Gasteiger partial charge in [-0.1, -0.05) is 25.4 Å². The van der Waals surface area contributed by atoms with Crippen molar-refractivity contribution in [1.82, 2.24) is 10.6 Å². The summed E-state index contributed by atoms with van der Waals surface area (Å²) in [5.41, 5.74) is -0.223. The summed E-state index contributed by atoms with van der Waals surface area (Å²) in [7, 11) is 0. The smallest absolute Gasteiger partial charge is 0.321 e. The predicted octanol–water partition coefficient (Wildman–Crippen LogP) is 2.49. The first kappa shape index (κ1) is 19.1. The Morgan fingerprint density at radius 3 is 2.56 bits per heavy atom. The van der Waals surface area contributed by atoms with Crippen LogP contribution < -0.4 is 15.5 Å². The van der Waals surface area contributed by atoms with Crippen LogP contribution in [0, 0.1) is 5.41 Å². The molecule has 0 saturated carbocycles. The van der Waals surface area contributed by atoms with Gasteiger partial charge in [-0.25, -0.2) is 4.79 Å². The van der Waals surface area contributed by atoms with E-state index in [0.717, 1.165) is 0 Å². The molecule has 0 unspecified atom stereocenters. The Hall–Kier alpha value is -2.28. The second-order valence-electron chi connectivity index (χ2n) is 6.02. The molecule has 136 valence electrons. The van der Waals surface area contributed by atoms with Gasteiger partial charge in [0.25, 0.3) is 5.91 Å². The number of benzene rings is 1. The van der Waals surface area contributed by atoms with E-state index < -0.39 is 17.3 Å². The van der Waals surface area contributed by atoms with Crippen molar-refractivity contribution in [3.8, 4) is 0 Å². The van der Waals surface area contributed by atoms with Crippen LogP contribution in [0.2, 0.25) is 5.02 Å². The standard InChI is InChI=1S/C17H22ClN3O4/c1-3-17(4-2,15(23)24)10-20-14(22)12-9-11(5-6-13(12)18)21-8-7-19-16(21)25/h5-6,9H,3-4,7-8,10H2,1-2H3,(H,19,25)(H,20,22)(H,23,24). The van der Waals surface area contributed by atoms with Gasteiger partial charge in [-0.2, -0.15) is 0 Å². The Morgan fingerprint density at radius 2 is 2.04 bits per heavy atom. The average Bonchev–Trinajstić information content (AvgIpc) is 3.02. The third-order valence-corrected chi connectivity index (χ3v) is 5.09. The Kier molecular flexibility index (Phi) is 5.89. The van der Waals surface area contributed by atoms with Crippen molar-refractivity contribution in [2.75, 3.05) is 24.5 Å². The minimum Gasteiger partial charge on any atom is -0.481 e. The van der Waals surface area contributed by atoms with Crippen molar-refractivity contribution in [1.29, 1.82) is 0 Å². The van der Waals surface area contributed by atoms with Gasteiger partial charge in [0.1, 0.15) is 0 Å². The second-order valence-corrected chi connectivity index (χ2v) is 6.43. The molecule has 0 aromatic heterocycles. The molecule has 1 fully saturated rings. The maximum absolute atomic E-state index is 12.5. The van der Waals surface area contributed by atoms with E-state index in [2.05, 4.69) is 10.6 Å². The lowest BCUT2D eigenvalue weighted by Crippen LogP contribution is -2.42. The molecule has 2 rings (SSSR count). The van der Waals surface area contributed by atoms with E-state index in [-0.39, 0.29) is 23.2 Å². The fourth-order valence-corrected chi connectivity index (χ4v) is 3.00. The third-order valence-electron chi connectivity index (χ3n) is 4.76. The van der Waals surface area contributed by atoms with Crippen LogP contribution in [0.25, 0.3) is 0 Å². The first-order valence-corrected chi connectivity index (χ1v) is 8.59. The molecule has 1 aromatic rings. The molecule has 7 nitrogen and oxygen atoms in total. The second kappa shape index (κ2) is 7.74. The number of carboxylic acids is 1. The molecule has 0 atom stereocenters. The highest BCUT2D eigenvalue weighted by Crippen LogP contribution is 2.27. The number of carbonyl (C=O) groups is 3. The largest absolute Gasteiger partial charge is 0.481 e. The monoisotopic (exact) mass is 367 g/mol. The van der Waals surface area contributed by atoms with Crippen molar-refractivity contribution >= 4 is 35.2 Å². The van der Waals surface area contributed by atoms with Gasteiger partial charge in [0, 0.05) is 25.3 Å². The van der Waals surface area contributed by atoms with Crippen LogP contribution >= 0.6 is 11.6 Å². The highest BCUT2D eigenvalue weighted by molar-refractivity contribution is 6.34. The number of carboxylic acid groups (broad SMARTS) is 1. The lowest BCUT2D eigenvalue weighted by atomic mass is 9.82. The number of carbonyl (C=O) groups excluding carboxylic acids is 2. The Bertz CT molecular complexity index is 688. The minimum absolute atomic E-state index is 0.0128. The summed E-state index contributed by atoms with van der Waals surface area (Å²) in [6.07, 6.45) is 0.807. The number of rotatable bonds is 7. The molecule has 1 aromatic carbocycles. The summed E-state index contributed by atoms with van der Waals surface area (Å²) in [5.74, 6) is -1.40. The molecule has 1 aliphatic rings. The first-order valence-electron chi connectivity index (χ1n) is 8.21. The Balaban J connectivity index is 2.18. The number of aliphatic carboxylic acids is 1. The van der Waals surface area contributed by atoms with Crippen molar-refractivity contribution in [3.05, 3.63) is 28.8 Å². The van der Waals surface area contributed by atoms with Crippen LogP contribution in [0.15, 0.2) is 18.2 Å². The number of amides is 3. The quantitative estimate of drug-likeness (QED) is 0.689. The van der Waals surface area contributed by atoms with Crippen LogP contribution in [-0.4, -0.2) is 42.6 Å². The molecule has 25 heavy (non-hydrogen) atoms. The summed E-state index contributed by atoms with van der Waals surface area (Å²) >= 11 is 6.12. The number of halogens is 1. The van der Waals surface area contributed by atoms with E-state index in [9.17, 15) is 19.5 Å². The summed E-state index contributed by atoms with van der Waals surface area (Å²) in [6.45, 7) is 4.62. The number of hydrogen-bond donors (Lipinski definition) is 3. The van der Waals surface area contributed by atoms with Gasteiger partial charge < -0.3 is 15.7 Å². The number of urea groups is 1. The van der Waals surface area contributed by atoms with Gasteiger partial charge in [0.2, 0.25) is 0 Å². The van der Waals surface area contributed by atoms with Crippen LogP contribution in [0.5, 0.6) is 0 Å². The zero-order valence-corrected chi connectivity index (χ0v) is 15.0. The molecule has 8 heteroatoms. The van der Waals surface area contributed by atoms with Gasteiger partial charge >= 0.3 is 12.0 Å². The molecule has 3 amide bonds. The van der Waals surface area contributed by atoms with Gasteiger partial charge in [-0.05, 0) is 31.0 Å². The molecule has 1 heterocycles. The predicted molar refractivity (Wildman–Crippen MR) is 95.2 cm³/mol. The lowest BCUT2D eigenvalue weighted by Gasteiger charge is -2.27. The zero-order valence-electron chi connectivity index (χ0n) is 14.3. The molecule has 0 radical (unpaired) electrons. The third kappa shape index (κ3) is 3.87. The normalized spacial score (nSPS) is 14.4. The van der Waals surface area contributed by atoms with E-state index in [4.69, 9.17) is 11.6 Å². The summed E-state index contributed by atoms with van der Waals surface area (Å²) < 4.78 is 0. The molecule has 1 aliphatic heterocycles. The van der Waals surface area contributed by atoms with Crippen LogP contribution in [0.1, 0.15) is 37.0 Å². The van der Waals surface area contributed by atoms with Crippen LogP contribution in [0.4, 0.5) is 10.5 Å². The minimum atomic E-state index is -1.01. The fourth-order valence-electron chi connectivity index (χ4n) is 2.80. The van der Waals surface area contributed by atoms with Crippen molar-refractivity contribution in [3.63, 3.8) is 0 Å². The summed E-state index contributed by atoms with van der Waals surface area (Å²) in [5, 5.41) is 15.1. The van der Waals surface area contributed by atoms with Crippen LogP contribution in [-0.2, 0) is 4.79 Å². The van der Waals surface area contributed by atoms with Crippen molar-refractivity contribution in [2.24, 2.45) is 5.41 Å².